The van der Waals surface area contributed by atoms with E-state index in [-0.39, 0.29) is 0 Å². The number of nitrogens with zero attached hydrogens (tertiary/aromatic N) is 3. The third-order valence-corrected chi connectivity index (χ3v) is 6.36. The number of rotatable bonds is 6. The van der Waals surface area contributed by atoms with Crippen LogP contribution in [0.2, 0.25) is 0 Å². The van der Waals surface area contributed by atoms with E-state index in [1.807, 2.05) is 6.33 Å². The maximum absolute atomic E-state index is 4.47. The topological polar surface area (TPSA) is 33.1 Å². The highest BCUT2D eigenvalue weighted by molar-refractivity contribution is 5.16. The highest BCUT2D eigenvalue weighted by Gasteiger charge is 2.45. The fourth-order valence-electron chi connectivity index (χ4n) is 5.10. The summed E-state index contributed by atoms with van der Waals surface area (Å²) < 4.78 is 2.33. The molecule has 26 heavy (non-hydrogen) atoms. The molecular weight excluding hydrogens is 320 g/mol. The molecule has 4 heteroatoms. The van der Waals surface area contributed by atoms with Gasteiger partial charge < -0.3 is 9.88 Å². The molecule has 1 saturated carbocycles. The molecule has 1 aromatic heterocycles. The summed E-state index contributed by atoms with van der Waals surface area (Å²) in [4.78, 5) is 7.25. The molecular formula is C22H32N4. The average Bonchev–Trinajstić information content (AvgIpc) is 3.22. The van der Waals surface area contributed by atoms with Crippen molar-refractivity contribution in [3.63, 3.8) is 0 Å². The van der Waals surface area contributed by atoms with Crippen molar-refractivity contribution < 1.29 is 0 Å². The molecule has 4 nitrogen and oxygen atoms in total. The summed E-state index contributed by atoms with van der Waals surface area (Å²) in [6.45, 7) is 6.40. The van der Waals surface area contributed by atoms with Gasteiger partial charge in [0.05, 0.1) is 12.0 Å². The molecule has 0 amide bonds. The van der Waals surface area contributed by atoms with Crippen molar-refractivity contribution in [1.82, 2.24) is 19.8 Å². The maximum Gasteiger partial charge on any atom is 0.0951 e. The first-order valence-electron chi connectivity index (χ1n) is 10.3. The lowest BCUT2D eigenvalue weighted by atomic mass is 9.79. The second kappa shape index (κ2) is 7.93. The van der Waals surface area contributed by atoms with Gasteiger partial charge in [0.25, 0.3) is 0 Å². The number of imidazole rings is 1. The molecule has 0 radical (unpaired) electrons. The molecule has 2 aromatic rings. The summed E-state index contributed by atoms with van der Waals surface area (Å²) in [6, 6.07) is 11.3. The molecule has 1 aliphatic carbocycles. The third-order valence-electron chi connectivity index (χ3n) is 6.36. The van der Waals surface area contributed by atoms with Crippen LogP contribution in [0.5, 0.6) is 0 Å². The molecule has 1 aliphatic heterocycles. The number of likely N-dealkylation sites (tertiary alicyclic amines) is 1. The molecule has 1 atom stereocenters. The zero-order chi connectivity index (χ0) is 17.8. The molecule has 1 unspecified atom stereocenters. The summed E-state index contributed by atoms with van der Waals surface area (Å²) in [7, 11) is 0. The van der Waals surface area contributed by atoms with Crippen LogP contribution < -0.4 is 5.32 Å². The Kier molecular flexibility index (Phi) is 5.41. The van der Waals surface area contributed by atoms with E-state index in [0.29, 0.717) is 11.6 Å². The van der Waals surface area contributed by atoms with Crippen molar-refractivity contribution in [2.24, 2.45) is 0 Å². The van der Waals surface area contributed by atoms with Crippen molar-refractivity contribution >= 4 is 0 Å². The zero-order valence-electron chi connectivity index (χ0n) is 16.0. The molecule has 1 N–H and O–H groups in total. The molecule has 1 aromatic carbocycles. The first kappa shape index (κ1) is 17.7. The van der Waals surface area contributed by atoms with Gasteiger partial charge in [0, 0.05) is 37.4 Å². The monoisotopic (exact) mass is 352 g/mol. The lowest BCUT2D eigenvalue weighted by Crippen LogP contribution is -2.45. The quantitative estimate of drug-likeness (QED) is 0.858. The summed E-state index contributed by atoms with van der Waals surface area (Å²) in [5.41, 5.74) is 3.09. The Morgan fingerprint density at radius 3 is 2.69 bits per heavy atom. The molecule has 2 fully saturated rings. The Balaban J connectivity index is 1.51. The normalized spacial score (nSPS) is 22.9. The minimum atomic E-state index is 0.410. The number of likely N-dealkylation sites (N-methyl/N-ethyl adjacent to an activating group) is 1. The second-order valence-electron chi connectivity index (χ2n) is 8.12. The maximum atomic E-state index is 4.47. The van der Waals surface area contributed by atoms with Crippen molar-refractivity contribution in [3.8, 4) is 0 Å². The van der Waals surface area contributed by atoms with E-state index in [0.717, 1.165) is 19.6 Å². The summed E-state index contributed by atoms with van der Waals surface area (Å²) in [5.74, 6) is 0. The summed E-state index contributed by atoms with van der Waals surface area (Å²) >= 11 is 0. The van der Waals surface area contributed by atoms with E-state index >= 15 is 0 Å². The highest BCUT2D eigenvalue weighted by atomic mass is 15.3. The van der Waals surface area contributed by atoms with Gasteiger partial charge in [-0.2, -0.15) is 0 Å². The smallest absolute Gasteiger partial charge is 0.0951 e. The standard InChI is InChI=1S/C22H32N4/c1-2-24-20-13-22(11-7-4-8-12-22)26(16-20)17-21-14-23-18-25(21)15-19-9-5-3-6-10-19/h3,5-6,9-10,14,18,20,24H,2,4,7-8,11-13,15-17H2,1H3. The van der Waals surface area contributed by atoms with Crippen molar-refractivity contribution in [2.75, 3.05) is 13.1 Å². The number of benzene rings is 1. The van der Waals surface area contributed by atoms with Gasteiger partial charge in [-0.25, -0.2) is 4.98 Å². The average molecular weight is 353 g/mol. The van der Waals surface area contributed by atoms with E-state index in [1.54, 1.807) is 0 Å². The van der Waals surface area contributed by atoms with Crippen LogP contribution in [0.3, 0.4) is 0 Å². The van der Waals surface area contributed by atoms with Gasteiger partial charge in [-0.05, 0) is 31.4 Å². The van der Waals surface area contributed by atoms with Crippen LogP contribution in [-0.2, 0) is 13.1 Å². The molecule has 2 aliphatic rings. The number of nitrogens with one attached hydrogen (secondary N) is 1. The first-order valence-corrected chi connectivity index (χ1v) is 10.3. The van der Waals surface area contributed by atoms with Crippen LogP contribution in [0.25, 0.3) is 0 Å². The van der Waals surface area contributed by atoms with Gasteiger partial charge in [-0.15, -0.1) is 0 Å². The van der Waals surface area contributed by atoms with Gasteiger partial charge in [0.1, 0.15) is 0 Å². The predicted octanol–water partition coefficient (Wildman–Crippen LogP) is 3.82. The minimum absolute atomic E-state index is 0.410. The van der Waals surface area contributed by atoms with Crippen LogP contribution in [0.15, 0.2) is 42.9 Å². The van der Waals surface area contributed by atoms with Gasteiger partial charge in [-0.1, -0.05) is 56.5 Å². The summed E-state index contributed by atoms with van der Waals surface area (Å²) in [5, 5.41) is 3.72. The Morgan fingerprint density at radius 2 is 1.92 bits per heavy atom. The SMILES string of the molecule is CCNC1CN(Cc2cncn2Cc2ccccc2)C2(CCCCC2)C1. The van der Waals surface area contributed by atoms with E-state index in [1.165, 1.54) is 56.3 Å². The number of hydrogen-bond acceptors (Lipinski definition) is 3. The number of aromatic nitrogens is 2. The van der Waals surface area contributed by atoms with Crippen LogP contribution in [0.1, 0.15) is 56.7 Å². The Bertz CT molecular complexity index is 687. The second-order valence-corrected chi connectivity index (χ2v) is 8.12. The van der Waals surface area contributed by atoms with Gasteiger partial charge in [0.2, 0.25) is 0 Å². The molecule has 1 saturated heterocycles. The van der Waals surface area contributed by atoms with Crippen molar-refractivity contribution in [1.29, 1.82) is 0 Å². The fourth-order valence-corrected chi connectivity index (χ4v) is 5.10. The molecule has 140 valence electrons. The third kappa shape index (κ3) is 3.72. The van der Waals surface area contributed by atoms with E-state index in [2.05, 4.69) is 63.2 Å². The van der Waals surface area contributed by atoms with Gasteiger partial charge in [0.15, 0.2) is 0 Å². The Labute approximate surface area is 157 Å². The molecule has 1 spiro atoms. The zero-order valence-corrected chi connectivity index (χ0v) is 16.0. The lowest BCUT2D eigenvalue weighted by molar-refractivity contribution is 0.0837. The van der Waals surface area contributed by atoms with E-state index < -0.39 is 0 Å². The van der Waals surface area contributed by atoms with Crippen LogP contribution in [-0.4, -0.2) is 39.1 Å². The molecule has 4 rings (SSSR count). The van der Waals surface area contributed by atoms with E-state index in [9.17, 15) is 0 Å². The number of hydrogen-bond donors (Lipinski definition) is 1. The van der Waals surface area contributed by atoms with Crippen molar-refractivity contribution in [3.05, 3.63) is 54.1 Å². The summed E-state index contributed by atoms with van der Waals surface area (Å²) in [6.07, 6.45) is 12.3. The predicted molar refractivity (Wildman–Crippen MR) is 106 cm³/mol. The van der Waals surface area contributed by atoms with Crippen LogP contribution >= 0.6 is 0 Å². The Hall–Kier alpha value is -1.65. The Morgan fingerprint density at radius 1 is 1.12 bits per heavy atom. The lowest BCUT2D eigenvalue weighted by Gasteiger charge is -2.41. The largest absolute Gasteiger partial charge is 0.329 e. The minimum Gasteiger partial charge on any atom is -0.329 e. The van der Waals surface area contributed by atoms with Crippen molar-refractivity contribution in [2.45, 2.75) is 70.1 Å². The highest BCUT2D eigenvalue weighted by Crippen LogP contribution is 2.42. The molecule has 2 heterocycles. The van der Waals surface area contributed by atoms with Gasteiger partial charge in [-0.3, -0.25) is 4.90 Å². The fraction of sp³-hybridized carbons (Fsp3) is 0.591. The van der Waals surface area contributed by atoms with Crippen LogP contribution in [0.4, 0.5) is 0 Å². The van der Waals surface area contributed by atoms with E-state index in [4.69, 9.17) is 0 Å². The van der Waals surface area contributed by atoms with Gasteiger partial charge >= 0.3 is 0 Å². The first-order chi connectivity index (χ1) is 12.8. The molecule has 0 bridgehead atoms. The van der Waals surface area contributed by atoms with Crippen LogP contribution in [0, 0.1) is 0 Å².